The molecule has 0 aliphatic heterocycles. The van der Waals surface area contributed by atoms with Crippen LogP contribution < -0.4 is 9.46 Å². The quantitative estimate of drug-likeness (QED) is 0.260. The number of hydrogen-bond acceptors (Lipinski definition) is 7. The highest BCUT2D eigenvalue weighted by Crippen LogP contribution is 2.39. The number of carboxylic acids is 1. The standard InChI is InChI=1S/C24H24ClFN2O5S2/c1-23(2,3)35(32)28-24(13-17(29)12-22(30)31,15-11-20(25)34-14-15)19-5-4-6-21(27-19)33-18-9-7-16(26)8-10-18/h4-11,14,28H,12-13H2,1-3H3,(H,30,31). The number of carbonyl (C=O) groups excluding carboxylic acids is 1. The minimum Gasteiger partial charge on any atom is -0.598 e. The van der Waals surface area contributed by atoms with Crippen molar-refractivity contribution in [3.63, 3.8) is 0 Å². The van der Waals surface area contributed by atoms with Crippen molar-refractivity contribution in [2.24, 2.45) is 0 Å². The Bertz CT molecular complexity index is 1200. The molecule has 0 saturated carbocycles. The maximum absolute atomic E-state index is 13.3. The van der Waals surface area contributed by atoms with E-state index in [0.29, 0.717) is 15.6 Å². The maximum Gasteiger partial charge on any atom is 0.310 e. The summed E-state index contributed by atoms with van der Waals surface area (Å²) in [5.41, 5.74) is -0.672. The molecule has 0 radical (unpaired) electrons. The number of ether oxygens (including phenoxy) is 1. The number of carbonyl (C=O) groups is 2. The second-order valence-corrected chi connectivity index (χ2v) is 12.2. The normalized spacial score (nSPS) is 14.2. The Labute approximate surface area is 214 Å². The number of thiophene rings is 1. The molecule has 2 N–H and O–H groups in total. The molecule has 2 atom stereocenters. The number of halogens is 2. The van der Waals surface area contributed by atoms with E-state index in [9.17, 15) is 23.6 Å². The number of nitrogens with zero attached hydrogens (tertiary/aromatic N) is 1. The third-order valence-corrected chi connectivity index (χ3v) is 7.63. The molecule has 2 unspecified atom stereocenters. The molecular weight excluding hydrogens is 515 g/mol. The predicted octanol–water partition coefficient (Wildman–Crippen LogP) is 5.46. The molecule has 0 fully saturated rings. The van der Waals surface area contributed by atoms with Gasteiger partial charge < -0.3 is 14.4 Å². The zero-order chi connectivity index (χ0) is 25.8. The number of Topliss-reactive ketones (excluding diaryl/α,β-unsaturated/α-hetero) is 1. The summed E-state index contributed by atoms with van der Waals surface area (Å²) in [6, 6.07) is 11.9. The van der Waals surface area contributed by atoms with Crippen LogP contribution >= 0.6 is 22.9 Å². The van der Waals surface area contributed by atoms with Crippen molar-refractivity contribution in [1.29, 1.82) is 0 Å². The van der Waals surface area contributed by atoms with Crippen LogP contribution in [-0.4, -0.2) is 31.1 Å². The summed E-state index contributed by atoms with van der Waals surface area (Å²) in [5, 5.41) is 10.9. The van der Waals surface area contributed by atoms with Gasteiger partial charge in [0.25, 0.3) is 0 Å². The fourth-order valence-electron chi connectivity index (χ4n) is 3.19. The first kappa shape index (κ1) is 27.1. The van der Waals surface area contributed by atoms with Gasteiger partial charge in [-0.15, -0.1) is 16.1 Å². The molecule has 3 rings (SSSR count). The van der Waals surface area contributed by atoms with Crippen LogP contribution in [0.2, 0.25) is 4.34 Å². The number of aliphatic carboxylic acids is 1. The van der Waals surface area contributed by atoms with Gasteiger partial charge in [-0.05, 0) is 68.1 Å². The Balaban J connectivity index is 2.13. The highest BCUT2D eigenvalue weighted by Gasteiger charge is 2.45. The van der Waals surface area contributed by atoms with E-state index in [2.05, 4.69) is 9.71 Å². The van der Waals surface area contributed by atoms with E-state index in [0.717, 1.165) is 0 Å². The molecule has 0 spiro atoms. The number of ketones is 1. The number of benzene rings is 1. The van der Waals surface area contributed by atoms with E-state index in [1.54, 1.807) is 50.4 Å². The van der Waals surface area contributed by atoms with Gasteiger partial charge in [-0.1, -0.05) is 17.7 Å². The Morgan fingerprint density at radius 3 is 2.49 bits per heavy atom. The second kappa shape index (κ2) is 11.0. The monoisotopic (exact) mass is 538 g/mol. The topological polar surface area (TPSA) is 112 Å². The Morgan fingerprint density at radius 2 is 1.91 bits per heavy atom. The number of pyridine rings is 1. The lowest BCUT2D eigenvalue weighted by Gasteiger charge is -2.36. The summed E-state index contributed by atoms with van der Waals surface area (Å²) in [7, 11) is 0. The summed E-state index contributed by atoms with van der Waals surface area (Å²) in [4.78, 5) is 28.6. The van der Waals surface area contributed by atoms with Crippen molar-refractivity contribution < 1.29 is 28.4 Å². The molecule has 35 heavy (non-hydrogen) atoms. The smallest absolute Gasteiger partial charge is 0.310 e. The molecule has 186 valence electrons. The van der Waals surface area contributed by atoms with Crippen molar-refractivity contribution in [1.82, 2.24) is 9.71 Å². The first-order valence-corrected chi connectivity index (χ1v) is 12.9. The molecule has 3 aromatic rings. The Kier molecular flexibility index (Phi) is 8.55. The van der Waals surface area contributed by atoms with Crippen molar-refractivity contribution in [2.75, 3.05) is 0 Å². The highest BCUT2D eigenvalue weighted by molar-refractivity contribution is 7.90. The molecule has 11 heteroatoms. The number of carboxylic acid groups (broad SMARTS) is 1. The van der Waals surface area contributed by atoms with Crippen LogP contribution in [0.25, 0.3) is 0 Å². The number of nitrogens with one attached hydrogen (secondary N) is 1. The minimum absolute atomic E-state index is 0.147. The maximum atomic E-state index is 13.3. The van der Waals surface area contributed by atoms with Crippen molar-refractivity contribution in [3.8, 4) is 11.6 Å². The van der Waals surface area contributed by atoms with Crippen molar-refractivity contribution in [2.45, 2.75) is 43.9 Å². The number of hydrogen-bond donors (Lipinski definition) is 2. The number of aromatic nitrogens is 1. The van der Waals surface area contributed by atoms with E-state index in [4.69, 9.17) is 16.3 Å². The van der Waals surface area contributed by atoms with Crippen LogP contribution in [-0.2, 0) is 26.5 Å². The average Bonchev–Trinajstić information content (AvgIpc) is 3.20. The van der Waals surface area contributed by atoms with Gasteiger partial charge in [0, 0.05) is 23.8 Å². The summed E-state index contributed by atoms with van der Waals surface area (Å²) >= 11 is 5.74. The number of rotatable bonds is 10. The van der Waals surface area contributed by atoms with E-state index in [-0.39, 0.29) is 18.0 Å². The molecule has 0 amide bonds. The van der Waals surface area contributed by atoms with E-state index < -0.39 is 45.6 Å². The zero-order valence-corrected chi connectivity index (χ0v) is 21.6. The summed E-state index contributed by atoms with van der Waals surface area (Å²) < 4.78 is 35.1. The van der Waals surface area contributed by atoms with Gasteiger partial charge in [-0.2, -0.15) is 0 Å². The highest BCUT2D eigenvalue weighted by atomic mass is 35.5. The molecule has 0 saturated heterocycles. The molecule has 2 aromatic heterocycles. The molecular formula is C24H24ClFN2O5S2. The summed E-state index contributed by atoms with van der Waals surface area (Å²) in [6.45, 7) is 5.30. The van der Waals surface area contributed by atoms with E-state index in [1.807, 2.05) is 0 Å². The molecule has 0 aliphatic rings. The minimum atomic E-state index is -1.69. The molecule has 0 bridgehead atoms. The average molecular weight is 539 g/mol. The van der Waals surface area contributed by atoms with Crippen LogP contribution in [0.3, 0.4) is 0 Å². The lowest BCUT2D eigenvalue weighted by atomic mass is 9.83. The molecule has 0 aliphatic carbocycles. The van der Waals surface area contributed by atoms with Gasteiger partial charge >= 0.3 is 5.97 Å². The first-order chi connectivity index (χ1) is 16.4. The largest absolute Gasteiger partial charge is 0.598 e. The van der Waals surface area contributed by atoms with Crippen LogP contribution in [0, 0.1) is 5.82 Å². The fraction of sp³-hybridized carbons (Fsp3) is 0.292. The van der Waals surface area contributed by atoms with Gasteiger partial charge in [0.1, 0.15) is 34.1 Å². The van der Waals surface area contributed by atoms with Crippen LogP contribution in [0.5, 0.6) is 11.6 Å². The van der Waals surface area contributed by atoms with Crippen LogP contribution in [0.4, 0.5) is 4.39 Å². The van der Waals surface area contributed by atoms with Crippen LogP contribution in [0.15, 0.2) is 53.9 Å². The van der Waals surface area contributed by atoms with Gasteiger partial charge in [-0.3, -0.25) is 9.59 Å². The van der Waals surface area contributed by atoms with Gasteiger partial charge in [-0.25, -0.2) is 9.37 Å². The van der Waals surface area contributed by atoms with Crippen molar-refractivity contribution in [3.05, 3.63) is 75.3 Å². The fourth-order valence-corrected chi connectivity index (χ4v) is 5.06. The van der Waals surface area contributed by atoms with Gasteiger partial charge in [0.15, 0.2) is 0 Å². The van der Waals surface area contributed by atoms with Gasteiger partial charge in [0.2, 0.25) is 5.88 Å². The third-order valence-electron chi connectivity index (χ3n) is 4.89. The van der Waals surface area contributed by atoms with E-state index >= 15 is 0 Å². The SMILES string of the molecule is CC(C)(C)[S+]([O-])NC(CC(=O)CC(=O)O)(c1csc(Cl)c1)c1cccc(Oc2ccc(F)cc2)n1. The third kappa shape index (κ3) is 7.02. The van der Waals surface area contributed by atoms with Gasteiger partial charge in [0.05, 0.1) is 10.0 Å². The predicted molar refractivity (Wildman–Crippen MR) is 134 cm³/mol. The summed E-state index contributed by atoms with van der Waals surface area (Å²) in [6.07, 6.45) is -1.06. The summed E-state index contributed by atoms with van der Waals surface area (Å²) in [5.74, 6) is -1.80. The Morgan fingerprint density at radius 1 is 1.23 bits per heavy atom. The van der Waals surface area contributed by atoms with Crippen molar-refractivity contribution >= 4 is 46.1 Å². The lowest BCUT2D eigenvalue weighted by molar-refractivity contribution is -0.140. The van der Waals surface area contributed by atoms with E-state index in [1.165, 1.54) is 35.6 Å². The second-order valence-electron chi connectivity index (χ2n) is 8.73. The lowest BCUT2D eigenvalue weighted by Crippen LogP contribution is -2.53. The molecule has 1 aromatic carbocycles. The van der Waals surface area contributed by atoms with Crippen LogP contribution in [0.1, 0.15) is 44.9 Å². The first-order valence-electron chi connectivity index (χ1n) is 10.5. The molecule has 2 heterocycles. The molecule has 7 nitrogen and oxygen atoms in total. The zero-order valence-electron chi connectivity index (χ0n) is 19.2. The Hall–Kier alpha value is -2.50.